The Balaban J connectivity index is 2.94. The van der Waals surface area contributed by atoms with Crippen LogP contribution in [0.25, 0.3) is 0 Å². The van der Waals surface area contributed by atoms with E-state index < -0.39 is 0 Å². The van der Waals surface area contributed by atoms with Crippen LogP contribution in [0, 0.1) is 6.92 Å². The average Bonchev–Trinajstić information content (AvgIpc) is 2.19. The van der Waals surface area contributed by atoms with E-state index in [9.17, 15) is 4.79 Å². The molecule has 0 radical (unpaired) electrons. The van der Waals surface area contributed by atoms with Gasteiger partial charge in [-0.15, -0.1) is 0 Å². The smallest absolute Gasteiger partial charge is 0.164 e. The fourth-order valence-electron chi connectivity index (χ4n) is 1.27. The number of carbonyl (C=O) groups is 1. The highest BCUT2D eigenvalue weighted by Crippen LogP contribution is 2.19. The van der Waals surface area contributed by atoms with Gasteiger partial charge in [0.2, 0.25) is 0 Å². The van der Waals surface area contributed by atoms with E-state index in [2.05, 4.69) is 0 Å². The lowest BCUT2D eigenvalue weighted by atomic mass is 10.1. The number of carbonyl (C=O) groups excluding carboxylic acids is 1. The second kappa shape index (κ2) is 4.77. The van der Waals surface area contributed by atoms with E-state index in [-0.39, 0.29) is 5.78 Å². The summed E-state index contributed by atoms with van der Waals surface area (Å²) >= 11 is 0. The number of aryl methyl sites for hydroxylation is 1. The van der Waals surface area contributed by atoms with Crippen LogP contribution in [-0.2, 0) is 0 Å². The predicted octanol–water partition coefficient (Wildman–Crippen LogP) is 1.54. The largest absolute Gasteiger partial charge is 0.496 e. The molecule has 0 fully saturated rings. The van der Waals surface area contributed by atoms with Crippen LogP contribution in [-0.4, -0.2) is 19.4 Å². The van der Waals surface area contributed by atoms with Gasteiger partial charge in [0.15, 0.2) is 5.78 Å². The van der Waals surface area contributed by atoms with Gasteiger partial charge in [0.05, 0.1) is 7.11 Å². The van der Waals surface area contributed by atoms with Crippen LogP contribution in [0.15, 0.2) is 18.2 Å². The first-order chi connectivity index (χ1) is 6.69. The third-order valence-electron chi connectivity index (χ3n) is 2.10. The second-order valence-electron chi connectivity index (χ2n) is 3.15. The lowest BCUT2D eigenvalue weighted by Gasteiger charge is -2.06. The maximum Gasteiger partial charge on any atom is 0.164 e. The standard InChI is InChI=1S/C11H15NO2/c1-8-3-4-9(7-11(8)14-2)10(13)5-6-12/h3-4,7H,5-6,12H2,1-2H3. The quantitative estimate of drug-likeness (QED) is 0.738. The fraction of sp³-hybridized carbons (Fsp3) is 0.364. The molecule has 3 nitrogen and oxygen atoms in total. The predicted molar refractivity (Wildman–Crippen MR) is 55.7 cm³/mol. The van der Waals surface area contributed by atoms with Gasteiger partial charge < -0.3 is 10.5 Å². The minimum absolute atomic E-state index is 0.0609. The lowest BCUT2D eigenvalue weighted by Crippen LogP contribution is -2.08. The molecule has 1 aromatic carbocycles. The van der Waals surface area contributed by atoms with Gasteiger partial charge in [-0.25, -0.2) is 0 Å². The molecular formula is C11H15NO2. The van der Waals surface area contributed by atoms with Crippen molar-refractivity contribution in [3.8, 4) is 5.75 Å². The topological polar surface area (TPSA) is 52.3 Å². The van der Waals surface area contributed by atoms with Gasteiger partial charge in [-0.05, 0) is 25.1 Å². The molecule has 0 bridgehead atoms. The molecule has 1 aromatic rings. The van der Waals surface area contributed by atoms with Crippen LogP contribution < -0.4 is 10.5 Å². The van der Waals surface area contributed by atoms with E-state index in [1.54, 1.807) is 19.2 Å². The van der Waals surface area contributed by atoms with Gasteiger partial charge in [0.1, 0.15) is 5.75 Å². The monoisotopic (exact) mass is 193 g/mol. The molecule has 0 aliphatic heterocycles. The van der Waals surface area contributed by atoms with Crippen molar-refractivity contribution in [1.82, 2.24) is 0 Å². The van der Waals surface area contributed by atoms with Crippen LogP contribution in [0.2, 0.25) is 0 Å². The summed E-state index contributed by atoms with van der Waals surface area (Å²) in [6.45, 7) is 2.32. The Labute approximate surface area is 83.9 Å². The summed E-state index contributed by atoms with van der Waals surface area (Å²) in [5.41, 5.74) is 7.00. The van der Waals surface area contributed by atoms with E-state index in [1.165, 1.54) is 0 Å². The molecule has 0 unspecified atom stereocenters. The number of hydrogen-bond donors (Lipinski definition) is 1. The summed E-state index contributed by atoms with van der Waals surface area (Å²) in [7, 11) is 1.60. The zero-order chi connectivity index (χ0) is 10.6. The van der Waals surface area contributed by atoms with Gasteiger partial charge >= 0.3 is 0 Å². The maximum atomic E-state index is 11.5. The van der Waals surface area contributed by atoms with Crippen molar-refractivity contribution < 1.29 is 9.53 Å². The molecule has 0 aliphatic rings. The van der Waals surface area contributed by atoms with E-state index in [0.717, 1.165) is 11.3 Å². The van der Waals surface area contributed by atoms with Gasteiger partial charge in [-0.1, -0.05) is 12.1 Å². The number of rotatable bonds is 4. The van der Waals surface area contributed by atoms with Crippen molar-refractivity contribution in [2.45, 2.75) is 13.3 Å². The minimum atomic E-state index is 0.0609. The molecule has 0 aliphatic carbocycles. The molecule has 2 N–H and O–H groups in total. The molecule has 0 spiro atoms. The Bertz CT molecular complexity index is 334. The zero-order valence-corrected chi connectivity index (χ0v) is 8.54. The fourth-order valence-corrected chi connectivity index (χ4v) is 1.27. The molecule has 0 atom stereocenters. The second-order valence-corrected chi connectivity index (χ2v) is 3.15. The first-order valence-electron chi connectivity index (χ1n) is 4.57. The highest BCUT2D eigenvalue weighted by atomic mass is 16.5. The van der Waals surface area contributed by atoms with Crippen molar-refractivity contribution in [3.63, 3.8) is 0 Å². The normalized spacial score (nSPS) is 9.93. The van der Waals surface area contributed by atoms with Gasteiger partial charge in [-0.2, -0.15) is 0 Å². The highest BCUT2D eigenvalue weighted by molar-refractivity contribution is 5.96. The first kappa shape index (κ1) is 10.7. The Hall–Kier alpha value is -1.35. The summed E-state index contributed by atoms with van der Waals surface area (Å²) in [5.74, 6) is 0.804. The maximum absolute atomic E-state index is 11.5. The van der Waals surface area contributed by atoms with Crippen LogP contribution in [0.4, 0.5) is 0 Å². The molecular weight excluding hydrogens is 178 g/mol. The molecule has 0 aromatic heterocycles. The summed E-state index contributed by atoms with van der Waals surface area (Å²) in [4.78, 5) is 11.5. The number of ketones is 1. The van der Waals surface area contributed by atoms with Crippen LogP contribution in [0.3, 0.4) is 0 Å². The molecule has 14 heavy (non-hydrogen) atoms. The first-order valence-corrected chi connectivity index (χ1v) is 4.57. The van der Waals surface area contributed by atoms with Crippen molar-refractivity contribution in [2.75, 3.05) is 13.7 Å². The van der Waals surface area contributed by atoms with Crippen molar-refractivity contribution in [1.29, 1.82) is 0 Å². The average molecular weight is 193 g/mol. The van der Waals surface area contributed by atoms with Gasteiger partial charge in [0.25, 0.3) is 0 Å². The SMILES string of the molecule is COc1cc(C(=O)CCN)ccc1C. The van der Waals surface area contributed by atoms with Crippen molar-refractivity contribution in [3.05, 3.63) is 29.3 Å². The summed E-state index contributed by atoms with van der Waals surface area (Å²) in [6, 6.07) is 5.44. The third kappa shape index (κ3) is 2.33. The Morgan fingerprint density at radius 3 is 2.79 bits per heavy atom. The molecule has 1 rings (SSSR count). The van der Waals surface area contributed by atoms with Crippen molar-refractivity contribution >= 4 is 5.78 Å². The van der Waals surface area contributed by atoms with Gasteiger partial charge in [-0.3, -0.25) is 4.79 Å². The number of methoxy groups -OCH3 is 1. The number of benzene rings is 1. The van der Waals surface area contributed by atoms with E-state index in [1.807, 2.05) is 13.0 Å². The molecule has 0 amide bonds. The highest BCUT2D eigenvalue weighted by Gasteiger charge is 2.07. The lowest BCUT2D eigenvalue weighted by molar-refractivity contribution is 0.0985. The molecule has 0 saturated heterocycles. The molecule has 0 heterocycles. The van der Waals surface area contributed by atoms with Crippen LogP contribution in [0.5, 0.6) is 5.75 Å². The minimum Gasteiger partial charge on any atom is -0.496 e. The Kier molecular flexibility index (Phi) is 3.65. The number of hydrogen-bond acceptors (Lipinski definition) is 3. The summed E-state index contributed by atoms with van der Waals surface area (Å²) in [5, 5.41) is 0. The Morgan fingerprint density at radius 2 is 2.21 bits per heavy atom. The Morgan fingerprint density at radius 1 is 1.50 bits per heavy atom. The summed E-state index contributed by atoms with van der Waals surface area (Å²) < 4.78 is 5.13. The van der Waals surface area contributed by atoms with Crippen molar-refractivity contribution in [2.24, 2.45) is 5.73 Å². The molecule has 3 heteroatoms. The molecule has 0 saturated carbocycles. The van der Waals surface area contributed by atoms with E-state index >= 15 is 0 Å². The van der Waals surface area contributed by atoms with Gasteiger partial charge in [0, 0.05) is 12.0 Å². The summed E-state index contributed by atoms with van der Waals surface area (Å²) in [6.07, 6.45) is 0.381. The van der Waals surface area contributed by atoms with Crippen LogP contribution in [0.1, 0.15) is 22.3 Å². The zero-order valence-electron chi connectivity index (χ0n) is 8.54. The number of nitrogens with two attached hydrogens (primary N) is 1. The third-order valence-corrected chi connectivity index (χ3v) is 2.10. The molecule has 76 valence electrons. The number of Topliss-reactive ketones (excluding diaryl/α,β-unsaturated/α-hetero) is 1. The van der Waals surface area contributed by atoms with E-state index in [4.69, 9.17) is 10.5 Å². The van der Waals surface area contributed by atoms with Crippen LogP contribution >= 0.6 is 0 Å². The number of ether oxygens (including phenoxy) is 1. The van der Waals surface area contributed by atoms with E-state index in [0.29, 0.717) is 18.5 Å².